The molecule has 0 radical (unpaired) electrons. The average Bonchev–Trinajstić information content (AvgIpc) is 2.88. The van der Waals surface area contributed by atoms with Gasteiger partial charge in [-0.2, -0.15) is 13.2 Å². The van der Waals surface area contributed by atoms with Crippen molar-refractivity contribution in [3.63, 3.8) is 0 Å². The van der Waals surface area contributed by atoms with Crippen molar-refractivity contribution in [1.82, 2.24) is 10.3 Å². The van der Waals surface area contributed by atoms with Gasteiger partial charge >= 0.3 is 6.18 Å². The largest absolute Gasteiger partial charge is 0.416 e. The first-order valence-electron chi connectivity index (χ1n) is 11.8. The van der Waals surface area contributed by atoms with Crippen molar-refractivity contribution in [2.75, 3.05) is 0 Å². The molecular formula is C30H31ClF4N2. The molecule has 1 heterocycles. The van der Waals surface area contributed by atoms with E-state index in [1.807, 2.05) is 45.0 Å². The van der Waals surface area contributed by atoms with E-state index in [1.165, 1.54) is 6.20 Å². The van der Waals surface area contributed by atoms with Crippen molar-refractivity contribution in [3.05, 3.63) is 137 Å². The number of halogens is 5. The van der Waals surface area contributed by atoms with E-state index in [1.54, 1.807) is 30.4 Å². The molecule has 7 heteroatoms. The van der Waals surface area contributed by atoms with Crippen LogP contribution in [0.5, 0.6) is 0 Å². The Morgan fingerprint density at radius 1 is 1.00 bits per heavy atom. The van der Waals surface area contributed by atoms with Gasteiger partial charge < -0.3 is 0 Å². The van der Waals surface area contributed by atoms with Gasteiger partial charge in [0.05, 0.1) is 21.8 Å². The maximum Gasteiger partial charge on any atom is 0.416 e. The predicted octanol–water partition coefficient (Wildman–Crippen LogP) is 8.95. The highest BCUT2D eigenvalue weighted by Crippen LogP contribution is 2.39. The third-order valence-corrected chi connectivity index (χ3v) is 5.88. The second kappa shape index (κ2) is 13.4. The van der Waals surface area contributed by atoms with Crippen molar-refractivity contribution in [2.45, 2.75) is 45.5 Å². The van der Waals surface area contributed by atoms with Crippen molar-refractivity contribution >= 4 is 11.6 Å². The number of allylic oxidation sites excluding steroid dienone is 3. The molecule has 2 nitrogen and oxygen atoms in total. The molecule has 0 amide bonds. The Hall–Kier alpha value is -3.22. The minimum Gasteiger partial charge on any atom is -0.298 e. The quantitative estimate of drug-likeness (QED) is 0.220. The van der Waals surface area contributed by atoms with E-state index in [9.17, 15) is 17.6 Å². The fourth-order valence-electron chi connectivity index (χ4n) is 3.84. The van der Waals surface area contributed by atoms with Crippen molar-refractivity contribution in [3.8, 4) is 0 Å². The van der Waals surface area contributed by atoms with Crippen LogP contribution in [-0.2, 0) is 18.3 Å². The van der Waals surface area contributed by atoms with Gasteiger partial charge in [-0.25, -0.2) is 4.39 Å². The average molecular weight is 531 g/mol. The number of aromatic nitrogens is 1. The lowest BCUT2D eigenvalue weighted by Crippen LogP contribution is -2.44. The number of benzene rings is 2. The first-order valence-corrected chi connectivity index (χ1v) is 12.2. The molecule has 1 unspecified atom stereocenters. The first-order chi connectivity index (χ1) is 17.6. The van der Waals surface area contributed by atoms with Crippen LogP contribution in [0.2, 0.25) is 5.02 Å². The molecule has 0 bridgehead atoms. The molecule has 1 atom stereocenters. The Balaban J connectivity index is 0.00000235. The monoisotopic (exact) mass is 530 g/mol. The number of hydrogen-bond acceptors (Lipinski definition) is 2. The lowest BCUT2D eigenvalue weighted by atomic mass is 9.79. The molecule has 37 heavy (non-hydrogen) atoms. The number of nitrogens with zero attached hydrogens (tertiary/aromatic N) is 1. The van der Waals surface area contributed by atoms with Gasteiger partial charge in [0.2, 0.25) is 0 Å². The van der Waals surface area contributed by atoms with Crippen LogP contribution < -0.4 is 5.32 Å². The molecule has 3 rings (SSSR count). The molecule has 0 aliphatic rings. The third kappa shape index (κ3) is 7.88. The zero-order chi connectivity index (χ0) is 27.6. The molecule has 0 aliphatic heterocycles. The molecule has 0 fully saturated rings. The summed E-state index contributed by atoms with van der Waals surface area (Å²) in [4.78, 5) is 4.44. The van der Waals surface area contributed by atoms with Gasteiger partial charge in [0, 0.05) is 19.2 Å². The molecule has 3 aromatic rings. The topological polar surface area (TPSA) is 24.9 Å². The number of aryl methyl sites for hydroxylation is 1. The van der Waals surface area contributed by atoms with Crippen LogP contribution in [0.1, 0.15) is 48.2 Å². The van der Waals surface area contributed by atoms with Gasteiger partial charge in [0.15, 0.2) is 0 Å². The summed E-state index contributed by atoms with van der Waals surface area (Å²) in [5, 5.41) is 3.75. The number of hydrogen-bond donors (Lipinski definition) is 1. The van der Waals surface area contributed by atoms with E-state index in [0.717, 1.165) is 23.3 Å². The van der Waals surface area contributed by atoms with Crippen LogP contribution in [0, 0.1) is 12.7 Å². The van der Waals surface area contributed by atoms with Crippen LogP contribution >= 0.6 is 11.6 Å². The Bertz CT molecular complexity index is 1220. The molecular weight excluding hydrogens is 500 g/mol. The van der Waals surface area contributed by atoms with E-state index in [-0.39, 0.29) is 18.5 Å². The van der Waals surface area contributed by atoms with Gasteiger partial charge in [-0.15, -0.1) is 0 Å². The lowest BCUT2D eigenvalue weighted by molar-refractivity contribution is -0.137. The number of alkyl halides is 3. The van der Waals surface area contributed by atoms with Crippen LogP contribution in [0.3, 0.4) is 0 Å². The molecule has 0 saturated carbocycles. The van der Waals surface area contributed by atoms with E-state index < -0.39 is 23.1 Å². The van der Waals surface area contributed by atoms with Gasteiger partial charge in [0.1, 0.15) is 5.82 Å². The Kier molecular flexibility index (Phi) is 10.8. The van der Waals surface area contributed by atoms with Crippen LogP contribution in [0.15, 0.2) is 97.8 Å². The minimum absolute atomic E-state index is 0.0728. The van der Waals surface area contributed by atoms with Gasteiger partial charge in [-0.1, -0.05) is 86.7 Å². The highest BCUT2D eigenvalue weighted by molar-refractivity contribution is 6.30. The SMILES string of the molecule is C=C/C=C(\C=C)CC(NCc1ccc(C)cc1)(c1cc(F)cc(C(F)(F)F)c1)c1ccc(Cl)cn1.CC. The van der Waals surface area contributed by atoms with Crippen molar-refractivity contribution in [1.29, 1.82) is 0 Å². The summed E-state index contributed by atoms with van der Waals surface area (Å²) in [5.41, 5.74) is 0.659. The maximum absolute atomic E-state index is 14.6. The van der Waals surface area contributed by atoms with E-state index in [0.29, 0.717) is 22.4 Å². The van der Waals surface area contributed by atoms with Crippen molar-refractivity contribution < 1.29 is 17.6 Å². The Morgan fingerprint density at radius 3 is 2.19 bits per heavy atom. The van der Waals surface area contributed by atoms with Crippen LogP contribution in [0.4, 0.5) is 17.6 Å². The highest BCUT2D eigenvalue weighted by atomic mass is 35.5. The predicted molar refractivity (Wildman–Crippen MR) is 144 cm³/mol. The molecule has 1 N–H and O–H groups in total. The second-order valence-corrected chi connectivity index (χ2v) is 8.63. The summed E-state index contributed by atoms with van der Waals surface area (Å²) in [7, 11) is 0. The molecule has 0 aliphatic carbocycles. The number of nitrogens with one attached hydrogen (secondary N) is 1. The van der Waals surface area contributed by atoms with Crippen LogP contribution in [-0.4, -0.2) is 4.98 Å². The smallest absolute Gasteiger partial charge is 0.298 e. The van der Waals surface area contributed by atoms with E-state index in [4.69, 9.17) is 11.6 Å². The molecule has 0 spiro atoms. The van der Waals surface area contributed by atoms with E-state index >= 15 is 0 Å². The van der Waals surface area contributed by atoms with Gasteiger partial charge in [-0.05, 0) is 54.0 Å². The van der Waals surface area contributed by atoms with Crippen LogP contribution in [0.25, 0.3) is 0 Å². The summed E-state index contributed by atoms with van der Waals surface area (Å²) in [6.45, 7) is 13.8. The molecule has 196 valence electrons. The zero-order valence-corrected chi connectivity index (χ0v) is 21.9. The minimum atomic E-state index is -4.73. The highest BCUT2D eigenvalue weighted by Gasteiger charge is 2.39. The van der Waals surface area contributed by atoms with E-state index in [2.05, 4.69) is 23.5 Å². The van der Waals surface area contributed by atoms with Gasteiger partial charge in [-0.3, -0.25) is 10.3 Å². The molecule has 1 aromatic heterocycles. The second-order valence-electron chi connectivity index (χ2n) is 8.19. The normalized spacial score (nSPS) is 13.2. The molecule has 0 saturated heterocycles. The van der Waals surface area contributed by atoms with Crippen molar-refractivity contribution in [2.24, 2.45) is 0 Å². The number of pyridine rings is 1. The first kappa shape index (κ1) is 30.0. The summed E-state index contributed by atoms with van der Waals surface area (Å²) < 4.78 is 55.6. The molecule has 2 aromatic carbocycles. The summed E-state index contributed by atoms with van der Waals surface area (Å²) in [6, 6.07) is 13.5. The fraction of sp³-hybridized carbons (Fsp3) is 0.233. The Morgan fingerprint density at radius 2 is 1.65 bits per heavy atom. The number of rotatable bonds is 9. The summed E-state index contributed by atoms with van der Waals surface area (Å²) >= 11 is 6.06. The summed E-state index contributed by atoms with van der Waals surface area (Å²) in [6.07, 6.45) is 1.66. The maximum atomic E-state index is 14.6. The fourth-order valence-corrected chi connectivity index (χ4v) is 3.95. The summed E-state index contributed by atoms with van der Waals surface area (Å²) in [5.74, 6) is -1.00. The van der Waals surface area contributed by atoms with Gasteiger partial charge in [0.25, 0.3) is 0 Å². The lowest BCUT2D eigenvalue weighted by Gasteiger charge is -2.36. The third-order valence-electron chi connectivity index (χ3n) is 5.66. The Labute approximate surface area is 221 Å². The zero-order valence-electron chi connectivity index (χ0n) is 21.2. The standard InChI is InChI=1S/C28H25ClF4N2.C2H6/c1-4-6-20(5-2)16-27(26-12-11-24(29)18-34-26,35-17-21-9-7-19(3)8-10-21)22-13-23(28(31,32)33)15-25(30)14-22;1-2/h4-15,18,35H,1-2,16-17H2,3H3;1-2H3/b20-6+;.